The highest BCUT2D eigenvalue weighted by molar-refractivity contribution is 7.47. The van der Waals surface area contributed by atoms with Crippen LogP contribution >= 0.6 is 15.6 Å². The van der Waals surface area contributed by atoms with Gasteiger partial charge in [0.2, 0.25) is 0 Å². The molecule has 0 bridgehead atoms. The lowest BCUT2D eigenvalue weighted by molar-refractivity contribution is -0.181. The van der Waals surface area contributed by atoms with E-state index in [2.05, 4.69) is 39.8 Å². The molecular formula is C35H44N12O18P2. The Morgan fingerprint density at radius 2 is 1.72 bits per heavy atom. The minimum Gasteiger partial charge on any atom is -0.455 e. The summed E-state index contributed by atoms with van der Waals surface area (Å²) >= 11 is 0. The molecule has 0 spiro atoms. The van der Waals surface area contributed by atoms with Crippen LogP contribution in [0.15, 0.2) is 59.1 Å². The number of imidazole rings is 1. The molecule has 3 aromatic heterocycles. The summed E-state index contributed by atoms with van der Waals surface area (Å²) in [6, 6.07) is 7.34. The van der Waals surface area contributed by atoms with Crippen LogP contribution < -0.4 is 22.5 Å². The van der Waals surface area contributed by atoms with Crippen molar-refractivity contribution < 1.29 is 80.5 Å². The van der Waals surface area contributed by atoms with Crippen LogP contribution in [0.4, 0.5) is 22.1 Å². The van der Waals surface area contributed by atoms with Gasteiger partial charge in [0.05, 0.1) is 19.5 Å². The first kappa shape index (κ1) is 49.2. The van der Waals surface area contributed by atoms with Gasteiger partial charge in [-0.25, -0.2) is 38.5 Å². The van der Waals surface area contributed by atoms with Crippen molar-refractivity contribution in [3.8, 4) is 0 Å². The number of nitrogens with one attached hydrogen (secondary N) is 1. The molecule has 0 saturated carbocycles. The van der Waals surface area contributed by atoms with Crippen molar-refractivity contribution in [3.63, 3.8) is 0 Å². The molecule has 3 aliphatic rings. The first-order chi connectivity index (χ1) is 31.7. The number of azide groups is 1. The fraction of sp³-hybridized carbons (Fsp3) is 0.514. The first-order valence-corrected chi connectivity index (χ1v) is 22.9. The smallest absolute Gasteiger partial charge is 0.455 e. The third-order valence-corrected chi connectivity index (χ3v) is 11.7. The van der Waals surface area contributed by atoms with Crippen LogP contribution in [-0.4, -0.2) is 129 Å². The number of nitrogens with zero attached hydrogens (tertiary/aromatic N) is 9. The number of alkyl carbamates (subject to hydrolysis) is 1. The molecule has 3 unspecified atom stereocenters. The fourth-order valence-electron chi connectivity index (χ4n) is 7.07. The summed E-state index contributed by atoms with van der Waals surface area (Å²) < 4.78 is 78.2. The highest BCUT2D eigenvalue weighted by atomic mass is 31.2. The highest BCUT2D eigenvalue weighted by Gasteiger charge is 2.54. The number of anilines is 2. The van der Waals surface area contributed by atoms with Gasteiger partial charge < -0.3 is 65.0 Å². The predicted molar refractivity (Wildman–Crippen MR) is 221 cm³/mol. The van der Waals surface area contributed by atoms with Gasteiger partial charge in [0, 0.05) is 29.8 Å². The quantitative estimate of drug-likeness (QED) is 0.0241. The van der Waals surface area contributed by atoms with Crippen LogP contribution in [0.5, 0.6) is 0 Å². The number of nitrogen functional groups attached to an aromatic ring is 2. The number of aliphatic hydroxyl groups excluding tert-OH is 1. The van der Waals surface area contributed by atoms with E-state index in [1.807, 2.05) is 0 Å². The largest absolute Gasteiger partial charge is 0.472 e. The van der Waals surface area contributed by atoms with Crippen LogP contribution in [0.3, 0.4) is 0 Å². The lowest BCUT2D eigenvalue weighted by Gasteiger charge is -2.29. The van der Waals surface area contributed by atoms with Gasteiger partial charge in [-0.2, -0.15) is 4.98 Å². The Bertz CT molecular complexity index is 2640. The van der Waals surface area contributed by atoms with E-state index in [4.69, 9.17) is 54.5 Å². The third-order valence-electron chi connectivity index (χ3n) is 10.3. The summed E-state index contributed by atoms with van der Waals surface area (Å²) in [7, 11) is -10.6. The van der Waals surface area contributed by atoms with Gasteiger partial charge >= 0.3 is 33.4 Å². The van der Waals surface area contributed by atoms with Crippen molar-refractivity contribution in [2.75, 3.05) is 31.3 Å². The molecule has 6 heterocycles. The van der Waals surface area contributed by atoms with Gasteiger partial charge in [-0.15, -0.1) is 0 Å². The predicted octanol–water partition coefficient (Wildman–Crippen LogP) is 1.10. The van der Waals surface area contributed by atoms with E-state index in [1.165, 1.54) is 49.1 Å². The minimum absolute atomic E-state index is 0.0238. The van der Waals surface area contributed by atoms with Crippen molar-refractivity contribution >= 4 is 56.2 Å². The van der Waals surface area contributed by atoms with Crippen LogP contribution in [0.25, 0.3) is 21.6 Å². The molecule has 3 fully saturated rings. The Morgan fingerprint density at radius 3 is 2.40 bits per heavy atom. The number of benzene rings is 1. The molecule has 1 aromatic carbocycles. The number of phosphoric acid groups is 2. The summed E-state index contributed by atoms with van der Waals surface area (Å²) in [6.07, 6.45) is -10.8. The Labute approximate surface area is 376 Å². The van der Waals surface area contributed by atoms with E-state index in [9.17, 15) is 43.3 Å². The zero-order valence-corrected chi connectivity index (χ0v) is 36.9. The van der Waals surface area contributed by atoms with Gasteiger partial charge in [0.25, 0.3) is 0 Å². The number of ether oxygens (including phenoxy) is 6. The standard InChI is InChI=1S/C35H44N12O18P2/c1-35(2,43-34(51)58-12-17-5-7-18(8-6-17)44-45-38)32(49)64-25-19(61-30(24(25)48)47-16-41-23-28(37)39-15-40-29(23)47)14-60-67(55,56)65-26-20(13-59-66(52,53)54)62-31(27(26)63-22-4-3-11-57-22)46-10-9-21(36)42-33(46)50/h5-10,15-16,19-20,22,24-27,30-31,48H,3-4,11-14H2,1-2H3,(H,43,51)(H,55,56)(H2,36,42,50)(H2,37,39,40)(H2,52,53,54)/t19?,20-,22?,24-,25-,26-,27-,30-,31-/m1/s1. The van der Waals surface area contributed by atoms with Gasteiger partial charge in [-0.1, -0.05) is 29.4 Å². The normalized spacial score (nSPS) is 26.2. The van der Waals surface area contributed by atoms with E-state index in [-0.39, 0.29) is 36.0 Å². The topological polar surface area (TPSA) is 424 Å². The van der Waals surface area contributed by atoms with Crippen molar-refractivity contribution in [1.82, 2.24) is 34.4 Å². The van der Waals surface area contributed by atoms with Crippen molar-refractivity contribution in [2.24, 2.45) is 5.11 Å². The maximum absolute atomic E-state index is 14.0. The second-order valence-electron chi connectivity index (χ2n) is 15.5. The van der Waals surface area contributed by atoms with Gasteiger partial charge in [0.15, 0.2) is 36.3 Å². The van der Waals surface area contributed by atoms with E-state index in [0.29, 0.717) is 24.1 Å². The first-order valence-electron chi connectivity index (χ1n) is 19.9. The van der Waals surface area contributed by atoms with Crippen LogP contribution in [0, 0.1) is 0 Å². The molecular weight excluding hydrogens is 938 g/mol. The second-order valence-corrected chi connectivity index (χ2v) is 18.1. The molecule has 3 aliphatic heterocycles. The Morgan fingerprint density at radius 1 is 1.00 bits per heavy atom. The lowest BCUT2D eigenvalue weighted by Crippen LogP contribution is -2.53. The summed E-state index contributed by atoms with van der Waals surface area (Å²) in [6.45, 7) is 0.612. The van der Waals surface area contributed by atoms with E-state index in [0.717, 1.165) is 10.9 Å². The Kier molecular flexibility index (Phi) is 14.9. The number of hydrogen-bond acceptors (Lipinski definition) is 22. The second kappa shape index (κ2) is 20.3. The molecule has 9 N–H and O–H groups in total. The van der Waals surface area contributed by atoms with Crippen molar-refractivity contribution in [1.29, 1.82) is 0 Å². The number of nitrogens with two attached hydrogens (primary N) is 2. The molecule has 7 rings (SSSR count). The molecule has 10 atom stereocenters. The molecule has 362 valence electrons. The summed E-state index contributed by atoms with van der Waals surface area (Å²) in [4.78, 5) is 88.5. The maximum atomic E-state index is 14.0. The fourth-order valence-corrected chi connectivity index (χ4v) is 8.37. The van der Waals surface area contributed by atoms with E-state index >= 15 is 0 Å². The number of carbonyl (C=O) groups is 2. The number of fused-ring (bicyclic) bond motifs is 1. The average molecular weight is 983 g/mol. The Balaban J connectivity index is 1.11. The van der Waals surface area contributed by atoms with Crippen LogP contribution in [-0.2, 0) is 62.5 Å². The van der Waals surface area contributed by atoms with Gasteiger partial charge in [-0.3, -0.25) is 22.7 Å². The minimum atomic E-state index is -5.44. The zero-order valence-electron chi connectivity index (χ0n) is 35.1. The van der Waals surface area contributed by atoms with Crippen molar-refractivity contribution in [2.45, 2.75) is 94.2 Å². The van der Waals surface area contributed by atoms with Gasteiger partial charge in [0.1, 0.15) is 60.3 Å². The maximum Gasteiger partial charge on any atom is 0.472 e. The summed E-state index contributed by atoms with van der Waals surface area (Å²) in [5.41, 5.74) is 18.5. The monoisotopic (exact) mass is 982 g/mol. The number of aliphatic hydroxyl groups is 1. The number of hydrogen-bond donors (Lipinski definition) is 7. The lowest BCUT2D eigenvalue weighted by atomic mass is 10.1. The van der Waals surface area contributed by atoms with Crippen LogP contribution in [0.1, 0.15) is 44.7 Å². The molecule has 4 aromatic rings. The molecule has 32 heteroatoms. The number of phosphoric ester groups is 2. The number of carbonyl (C=O) groups excluding carboxylic acids is 2. The highest BCUT2D eigenvalue weighted by Crippen LogP contribution is 2.51. The summed E-state index contributed by atoms with van der Waals surface area (Å²) in [5.74, 6) is -1.33. The SMILES string of the molecule is CC(C)(NC(=O)OCc1ccc(N=[N+]=[N-])cc1)C(=O)O[C@@H]1C(COP(=O)(O)O[C@H]2[C@@H](OC3CCCO3)[C@H](n3ccc(N)nc3=O)O[C@@H]2COP(=O)(O)O)O[C@@H](n2cnc3c(N)ncnc32)[C@@H]1O. The van der Waals surface area contributed by atoms with Crippen LogP contribution in [0.2, 0.25) is 0 Å². The molecule has 67 heavy (non-hydrogen) atoms. The molecule has 3 saturated heterocycles. The Hall–Kier alpha value is -5.68. The molecule has 1 amide bonds. The molecule has 0 aliphatic carbocycles. The zero-order chi connectivity index (χ0) is 48.3. The third kappa shape index (κ3) is 11.9. The molecule has 0 radical (unpaired) electrons. The van der Waals surface area contributed by atoms with Gasteiger partial charge in [-0.05, 0) is 37.4 Å². The average Bonchev–Trinajstić information content (AvgIpc) is 4.07. The number of esters is 1. The number of rotatable bonds is 18. The van der Waals surface area contributed by atoms with Crippen molar-refractivity contribution in [3.05, 3.63) is 75.7 Å². The summed E-state index contributed by atoms with van der Waals surface area (Å²) in [5, 5.41) is 17.5. The molecule has 30 nitrogen and oxygen atoms in total. The number of aromatic nitrogens is 6. The number of amides is 1. The van der Waals surface area contributed by atoms with E-state index in [1.54, 1.807) is 12.1 Å². The van der Waals surface area contributed by atoms with E-state index < -0.39 is 108 Å².